The Kier molecular flexibility index (Phi) is 6.48. The van der Waals surface area contributed by atoms with Crippen molar-refractivity contribution < 1.29 is 19.6 Å². The molecule has 1 aromatic heterocycles. The second kappa shape index (κ2) is 8.80. The molecule has 2 N–H and O–H groups in total. The largest absolute Gasteiger partial charge is 0.500 e. The molecule has 28 heavy (non-hydrogen) atoms. The zero-order valence-electron chi connectivity index (χ0n) is 15.6. The fourth-order valence-corrected chi connectivity index (χ4v) is 2.41. The second-order valence-electron chi connectivity index (χ2n) is 6.00. The Morgan fingerprint density at radius 2 is 2.18 bits per heavy atom. The number of hydrogen-bond donors (Lipinski definition) is 2. The van der Waals surface area contributed by atoms with E-state index in [1.807, 2.05) is 13.8 Å². The Labute approximate surface area is 160 Å². The lowest BCUT2D eigenvalue weighted by molar-refractivity contribution is -0.386. The zero-order valence-corrected chi connectivity index (χ0v) is 15.6. The lowest BCUT2D eigenvalue weighted by Crippen LogP contribution is -2.31. The number of rotatable bonds is 7. The first kappa shape index (κ1) is 20.6. The molecule has 2 rings (SSSR count). The molecule has 0 unspecified atom stereocenters. The number of carbonyl (C=O) groups is 1. The van der Waals surface area contributed by atoms with Crippen LogP contribution in [0.1, 0.15) is 42.7 Å². The molecule has 0 aliphatic heterocycles. The number of aromatic nitrogens is 1. The topological polar surface area (TPSA) is 136 Å². The SMILES string of the molecule is CCOc1cc(/C=N\NC(=O)c2cccn(C(C)C)c2=O)cc([N+](=O)[O-])c1O. The number of nitrogens with zero attached hydrogens (tertiary/aromatic N) is 3. The molecule has 0 radical (unpaired) electrons. The third-order valence-corrected chi connectivity index (χ3v) is 3.73. The Hall–Kier alpha value is -3.69. The average molecular weight is 388 g/mol. The predicted octanol–water partition coefficient (Wildman–Crippen LogP) is 2.21. The van der Waals surface area contributed by atoms with Crippen molar-refractivity contribution in [3.05, 3.63) is 62.1 Å². The number of pyridine rings is 1. The molecule has 0 fully saturated rings. The van der Waals surface area contributed by atoms with Gasteiger partial charge in [0.1, 0.15) is 5.56 Å². The van der Waals surface area contributed by atoms with Crippen LogP contribution in [0.3, 0.4) is 0 Å². The number of nitrogens with one attached hydrogen (secondary N) is 1. The quantitative estimate of drug-likeness (QED) is 0.424. The smallest absolute Gasteiger partial charge is 0.315 e. The Morgan fingerprint density at radius 3 is 2.79 bits per heavy atom. The van der Waals surface area contributed by atoms with Gasteiger partial charge in [-0.3, -0.25) is 19.7 Å². The van der Waals surface area contributed by atoms with E-state index in [1.54, 1.807) is 19.2 Å². The normalized spacial score (nSPS) is 11.0. The van der Waals surface area contributed by atoms with Gasteiger partial charge in [-0.1, -0.05) is 0 Å². The van der Waals surface area contributed by atoms with E-state index in [9.17, 15) is 24.8 Å². The maximum absolute atomic E-state index is 12.3. The summed E-state index contributed by atoms with van der Waals surface area (Å²) in [7, 11) is 0. The van der Waals surface area contributed by atoms with Crippen LogP contribution >= 0.6 is 0 Å². The highest BCUT2D eigenvalue weighted by Gasteiger charge is 2.20. The van der Waals surface area contributed by atoms with Crippen molar-refractivity contribution in [3.63, 3.8) is 0 Å². The standard InChI is InChI=1S/C18H20N4O6/c1-4-28-15-9-12(8-14(16(15)23)22(26)27)10-19-20-17(24)13-6-5-7-21(11(2)3)18(13)25/h5-11,23H,4H2,1-3H3,(H,20,24)/b19-10-. The molecule has 148 valence electrons. The van der Waals surface area contributed by atoms with Crippen LogP contribution in [0, 0.1) is 10.1 Å². The summed E-state index contributed by atoms with van der Waals surface area (Å²) in [4.78, 5) is 34.8. The van der Waals surface area contributed by atoms with E-state index in [0.717, 1.165) is 12.3 Å². The number of aromatic hydroxyl groups is 1. The molecular weight excluding hydrogens is 368 g/mol. The van der Waals surface area contributed by atoms with Gasteiger partial charge in [0.2, 0.25) is 5.75 Å². The number of phenolic OH excluding ortho intramolecular Hbond substituents is 1. The zero-order chi connectivity index (χ0) is 20.8. The minimum atomic E-state index is -0.758. The Bertz CT molecular complexity index is 981. The van der Waals surface area contributed by atoms with Crippen molar-refractivity contribution in [1.29, 1.82) is 0 Å². The van der Waals surface area contributed by atoms with E-state index in [4.69, 9.17) is 4.74 Å². The van der Waals surface area contributed by atoms with Crippen LogP contribution in [0.15, 0.2) is 40.4 Å². The monoisotopic (exact) mass is 388 g/mol. The highest BCUT2D eigenvalue weighted by molar-refractivity contribution is 5.94. The summed E-state index contributed by atoms with van der Waals surface area (Å²) in [6.45, 7) is 5.48. The van der Waals surface area contributed by atoms with Gasteiger partial charge in [-0.15, -0.1) is 0 Å². The van der Waals surface area contributed by atoms with Gasteiger partial charge >= 0.3 is 5.69 Å². The molecule has 10 heteroatoms. The summed E-state index contributed by atoms with van der Waals surface area (Å²) in [6.07, 6.45) is 2.73. The highest BCUT2D eigenvalue weighted by atomic mass is 16.6. The van der Waals surface area contributed by atoms with E-state index >= 15 is 0 Å². The van der Waals surface area contributed by atoms with Gasteiger partial charge in [0.05, 0.1) is 17.7 Å². The molecule has 0 aliphatic carbocycles. The molecule has 2 aromatic rings. The van der Waals surface area contributed by atoms with Crippen molar-refractivity contribution in [2.45, 2.75) is 26.8 Å². The summed E-state index contributed by atoms with van der Waals surface area (Å²) >= 11 is 0. The fraction of sp³-hybridized carbons (Fsp3) is 0.278. The van der Waals surface area contributed by atoms with Crippen molar-refractivity contribution in [2.75, 3.05) is 6.61 Å². The van der Waals surface area contributed by atoms with Gasteiger partial charge in [0.15, 0.2) is 5.75 Å². The van der Waals surface area contributed by atoms with Crippen molar-refractivity contribution in [2.24, 2.45) is 5.10 Å². The second-order valence-corrected chi connectivity index (χ2v) is 6.00. The number of nitro groups is 1. The molecule has 0 saturated carbocycles. The lowest BCUT2D eigenvalue weighted by Gasteiger charge is -2.10. The molecule has 1 amide bonds. The van der Waals surface area contributed by atoms with Crippen LogP contribution in [0.5, 0.6) is 11.5 Å². The molecule has 0 atom stereocenters. The van der Waals surface area contributed by atoms with Crippen LogP contribution in [-0.2, 0) is 0 Å². The van der Waals surface area contributed by atoms with Gasteiger partial charge in [0, 0.05) is 23.9 Å². The van der Waals surface area contributed by atoms with E-state index in [1.165, 1.54) is 16.7 Å². The molecule has 0 spiro atoms. The van der Waals surface area contributed by atoms with E-state index < -0.39 is 27.8 Å². The number of carbonyl (C=O) groups excluding carboxylic acids is 1. The van der Waals surface area contributed by atoms with Gasteiger partial charge < -0.3 is 14.4 Å². The van der Waals surface area contributed by atoms with Gasteiger partial charge in [-0.05, 0) is 39.0 Å². The minimum absolute atomic E-state index is 0.0765. The van der Waals surface area contributed by atoms with E-state index in [2.05, 4.69) is 10.5 Å². The first-order chi connectivity index (χ1) is 13.3. The number of nitro benzene ring substituents is 1. The Morgan fingerprint density at radius 1 is 1.46 bits per heavy atom. The molecule has 1 aromatic carbocycles. The number of benzene rings is 1. The first-order valence-electron chi connectivity index (χ1n) is 8.45. The van der Waals surface area contributed by atoms with E-state index in [0.29, 0.717) is 0 Å². The number of ether oxygens (including phenoxy) is 1. The molecule has 10 nitrogen and oxygen atoms in total. The van der Waals surface area contributed by atoms with Crippen molar-refractivity contribution in [1.82, 2.24) is 9.99 Å². The molecule has 1 heterocycles. The number of hydrogen-bond acceptors (Lipinski definition) is 7. The van der Waals surface area contributed by atoms with Gasteiger partial charge in [0.25, 0.3) is 11.5 Å². The van der Waals surface area contributed by atoms with Crippen LogP contribution in [0.2, 0.25) is 0 Å². The molecule has 0 bridgehead atoms. The van der Waals surface area contributed by atoms with Crippen LogP contribution in [0.4, 0.5) is 5.69 Å². The molecule has 0 aliphatic rings. The Balaban J connectivity index is 2.25. The summed E-state index contributed by atoms with van der Waals surface area (Å²) in [5, 5.41) is 24.7. The van der Waals surface area contributed by atoms with Crippen LogP contribution < -0.4 is 15.7 Å². The molecule has 0 saturated heterocycles. The van der Waals surface area contributed by atoms with Crippen LogP contribution in [-0.4, -0.2) is 33.3 Å². The number of phenols is 1. The average Bonchev–Trinajstić information content (AvgIpc) is 2.63. The third-order valence-electron chi connectivity index (χ3n) is 3.73. The van der Waals surface area contributed by atoms with E-state index in [-0.39, 0.29) is 29.5 Å². The third kappa shape index (κ3) is 4.53. The predicted molar refractivity (Wildman–Crippen MR) is 102 cm³/mol. The summed E-state index contributed by atoms with van der Waals surface area (Å²) in [5.41, 5.74) is 1.34. The maximum Gasteiger partial charge on any atom is 0.315 e. The van der Waals surface area contributed by atoms with Gasteiger partial charge in [-0.2, -0.15) is 5.10 Å². The fourth-order valence-electron chi connectivity index (χ4n) is 2.41. The first-order valence-corrected chi connectivity index (χ1v) is 8.45. The summed E-state index contributed by atoms with van der Waals surface area (Å²) < 4.78 is 6.58. The van der Waals surface area contributed by atoms with Crippen molar-refractivity contribution >= 4 is 17.8 Å². The van der Waals surface area contributed by atoms with Gasteiger partial charge in [-0.25, -0.2) is 5.43 Å². The minimum Gasteiger partial charge on any atom is -0.500 e. The summed E-state index contributed by atoms with van der Waals surface area (Å²) in [5.74, 6) is -1.38. The highest BCUT2D eigenvalue weighted by Crippen LogP contribution is 2.36. The maximum atomic E-state index is 12.3. The molecular formula is C18H20N4O6. The number of hydrazone groups is 1. The van der Waals surface area contributed by atoms with Crippen LogP contribution in [0.25, 0.3) is 0 Å². The number of amides is 1. The van der Waals surface area contributed by atoms with Crippen molar-refractivity contribution in [3.8, 4) is 11.5 Å². The summed E-state index contributed by atoms with van der Waals surface area (Å²) in [6, 6.07) is 5.28. The lowest BCUT2D eigenvalue weighted by atomic mass is 10.2.